The number of para-hydroxylation sites is 1. The Morgan fingerprint density at radius 2 is 1.59 bits per heavy atom. The number of nitrogens with one attached hydrogen (secondary N) is 1. The summed E-state index contributed by atoms with van der Waals surface area (Å²) in [5, 5.41) is 4.46. The molecule has 2 nitrogen and oxygen atoms in total. The van der Waals surface area contributed by atoms with Crippen LogP contribution in [0.1, 0.15) is 16.7 Å². The highest BCUT2D eigenvalue weighted by molar-refractivity contribution is 6.42. The van der Waals surface area contributed by atoms with E-state index in [1.54, 1.807) is 6.07 Å². The van der Waals surface area contributed by atoms with Crippen molar-refractivity contribution in [1.29, 1.82) is 0 Å². The van der Waals surface area contributed by atoms with Crippen molar-refractivity contribution < 1.29 is 9.13 Å². The van der Waals surface area contributed by atoms with E-state index in [0.29, 0.717) is 23.2 Å². The van der Waals surface area contributed by atoms with Gasteiger partial charge >= 0.3 is 0 Å². The lowest BCUT2D eigenvalue weighted by Gasteiger charge is -2.13. The predicted molar refractivity (Wildman–Crippen MR) is 109 cm³/mol. The van der Waals surface area contributed by atoms with Crippen molar-refractivity contribution >= 4 is 23.2 Å². The molecule has 0 aromatic heterocycles. The smallest absolute Gasteiger partial charge is 0.124 e. The normalized spacial score (nSPS) is 10.8. The molecule has 0 heterocycles. The van der Waals surface area contributed by atoms with Crippen molar-refractivity contribution in [2.45, 2.75) is 19.6 Å². The Bertz CT molecular complexity index is 884. The van der Waals surface area contributed by atoms with Gasteiger partial charge in [0.15, 0.2) is 0 Å². The Kier molecular flexibility index (Phi) is 7.11. The van der Waals surface area contributed by atoms with E-state index in [4.69, 9.17) is 27.9 Å². The molecule has 3 aromatic rings. The van der Waals surface area contributed by atoms with Gasteiger partial charge in [0.05, 0.1) is 10.0 Å². The first-order valence-corrected chi connectivity index (χ1v) is 9.47. The molecular formula is C22H20Cl2FNO. The van der Waals surface area contributed by atoms with Gasteiger partial charge in [-0.05, 0) is 54.4 Å². The van der Waals surface area contributed by atoms with Crippen LogP contribution in [0.2, 0.25) is 10.0 Å². The summed E-state index contributed by atoms with van der Waals surface area (Å²) in [6.45, 7) is 1.91. The topological polar surface area (TPSA) is 21.3 Å². The van der Waals surface area contributed by atoms with Crippen LogP contribution in [-0.4, -0.2) is 6.54 Å². The highest BCUT2D eigenvalue weighted by Gasteiger charge is 2.05. The number of halogens is 3. The van der Waals surface area contributed by atoms with Gasteiger partial charge in [0.2, 0.25) is 0 Å². The molecule has 0 bridgehead atoms. The van der Waals surface area contributed by atoms with E-state index in [0.717, 1.165) is 35.4 Å². The summed E-state index contributed by atoms with van der Waals surface area (Å²) in [5.74, 6) is 0.623. The van der Waals surface area contributed by atoms with E-state index in [2.05, 4.69) is 5.32 Å². The third-order valence-corrected chi connectivity index (χ3v) is 4.91. The van der Waals surface area contributed by atoms with Crippen molar-refractivity contribution in [1.82, 2.24) is 5.32 Å². The quantitative estimate of drug-likeness (QED) is 0.462. The van der Waals surface area contributed by atoms with E-state index >= 15 is 0 Å². The molecule has 0 atom stereocenters. The zero-order valence-corrected chi connectivity index (χ0v) is 16.2. The summed E-state index contributed by atoms with van der Waals surface area (Å²) in [6, 6.07) is 20.0. The third-order valence-electron chi connectivity index (χ3n) is 4.17. The Hall–Kier alpha value is -2.07. The van der Waals surface area contributed by atoms with Gasteiger partial charge in [-0.3, -0.25) is 0 Å². The number of rotatable bonds is 8. The fourth-order valence-corrected chi connectivity index (χ4v) is 3.01. The first-order chi connectivity index (χ1) is 13.1. The van der Waals surface area contributed by atoms with E-state index in [1.165, 1.54) is 12.1 Å². The summed E-state index contributed by atoms with van der Waals surface area (Å²) in [5.41, 5.74) is 3.15. The van der Waals surface area contributed by atoms with Gasteiger partial charge in [0, 0.05) is 12.1 Å². The van der Waals surface area contributed by atoms with Crippen LogP contribution in [0.3, 0.4) is 0 Å². The molecule has 27 heavy (non-hydrogen) atoms. The number of hydrogen-bond donors (Lipinski definition) is 1. The predicted octanol–water partition coefficient (Wildman–Crippen LogP) is 6.04. The third kappa shape index (κ3) is 5.96. The van der Waals surface area contributed by atoms with E-state index in [9.17, 15) is 4.39 Å². The van der Waals surface area contributed by atoms with Gasteiger partial charge in [-0.2, -0.15) is 0 Å². The molecule has 1 N–H and O–H groups in total. The maximum absolute atomic E-state index is 12.9. The lowest BCUT2D eigenvalue weighted by Crippen LogP contribution is -2.17. The number of benzene rings is 3. The van der Waals surface area contributed by atoms with E-state index < -0.39 is 0 Å². The lowest BCUT2D eigenvalue weighted by molar-refractivity contribution is 0.302. The minimum atomic E-state index is -0.209. The van der Waals surface area contributed by atoms with Crippen LogP contribution in [0, 0.1) is 5.82 Å². The Labute approximate surface area is 168 Å². The zero-order valence-electron chi connectivity index (χ0n) is 14.7. The lowest BCUT2D eigenvalue weighted by atomic mass is 10.1. The highest BCUT2D eigenvalue weighted by atomic mass is 35.5. The maximum Gasteiger partial charge on any atom is 0.124 e. The molecule has 0 aliphatic carbocycles. The molecule has 140 valence electrons. The van der Waals surface area contributed by atoms with Gasteiger partial charge in [0.1, 0.15) is 18.2 Å². The van der Waals surface area contributed by atoms with Crippen LogP contribution in [0.5, 0.6) is 5.75 Å². The summed E-state index contributed by atoms with van der Waals surface area (Å²) in [6.07, 6.45) is 0.840. The molecule has 0 saturated heterocycles. The van der Waals surface area contributed by atoms with Crippen LogP contribution in [-0.2, 0) is 19.6 Å². The van der Waals surface area contributed by atoms with Gasteiger partial charge in [0.25, 0.3) is 0 Å². The van der Waals surface area contributed by atoms with Gasteiger partial charge in [-0.25, -0.2) is 4.39 Å². The first-order valence-electron chi connectivity index (χ1n) is 8.71. The van der Waals surface area contributed by atoms with Crippen molar-refractivity contribution in [3.8, 4) is 5.75 Å². The van der Waals surface area contributed by atoms with Crippen molar-refractivity contribution in [2.24, 2.45) is 0 Å². The van der Waals surface area contributed by atoms with Crippen LogP contribution >= 0.6 is 23.2 Å². The fourth-order valence-electron chi connectivity index (χ4n) is 2.69. The van der Waals surface area contributed by atoms with Crippen molar-refractivity contribution in [3.63, 3.8) is 0 Å². The first kappa shape index (κ1) is 19.7. The molecule has 3 rings (SSSR count). The summed E-state index contributed by atoms with van der Waals surface area (Å²) in [4.78, 5) is 0. The van der Waals surface area contributed by atoms with Crippen LogP contribution in [0.25, 0.3) is 0 Å². The number of hydrogen-bond acceptors (Lipinski definition) is 2. The van der Waals surface area contributed by atoms with Crippen molar-refractivity contribution in [2.75, 3.05) is 6.54 Å². The van der Waals surface area contributed by atoms with Gasteiger partial charge in [-0.15, -0.1) is 0 Å². The average Bonchev–Trinajstić information content (AvgIpc) is 2.68. The standard InChI is InChI=1S/C22H20Cl2FNO/c23-20-10-7-17(13-21(20)24)15-27-22-4-2-1-3-18(22)14-26-12-11-16-5-8-19(25)9-6-16/h1-10,13,26H,11-12,14-15H2. The average molecular weight is 404 g/mol. The van der Waals surface area contributed by atoms with Gasteiger partial charge in [-0.1, -0.05) is 59.6 Å². The molecule has 0 saturated carbocycles. The Balaban J connectivity index is 1.52. The second kappa shape index (κ2) is 9.75. The highest BCUT2D eigenvalue weighted by Crippen LogP contribution is 2.24. The second-order valence-corrected chi connectivity index (χ2v) is 7.01. The molecule has 0 spiro atoms. The molecule has 0 fully saturated rings. The minimum absolute atomic E-state index is 0.209. The summed E-state index contributed by atoms with van der Waals surface area (Å²) in [7, 11) is 0. The molecule has 0 amide bonds. The SMILES string of the molecule is Fc1ccc(CCNCc2ccccc2OCc2ccc(Cl)c(Cl)c2)cc1. The minimum Gasteiger partial charge on any atom is -0.489 e. The Morgan fingerprint density at radius 3 is 2.37 bits per heavy atom. The van der Waals surface area contributed by atoms with Crippen molar-refractivity contribution in [3.05, 3.63) is 99.3 Å². The fraction of sp³-hybridized carbons (Fsp3) is 0.182. The van der Waals surface area contributed by atoms with Crippen LogP contribution in [0.15, 0.2) is 66.7 Å². The molecule has 0 aliphatic heterocycles. The molecule has 0 radical (unpaired) electrons. The molecule has 3 aromatic carbocycles. The zero-order chi connectivity index (χ0) is 19.1. The molecular weight excluding hydrogens is 384 g/mol. The maximum atomic E-state index is 12.9. The second-order valence-electron chi connectivity index (χ2n) is 6.20. The number of ether oxygens (including phenoxy) is 1. The molecule has 0 aliphatic rings. The molecule has 5 heteroatoms. The largest absolute Gasteiger partial charge is 0.489 e. The van der Waals surface area contributed by atoms with E-state index in [-0.39, 0.29) is 5.82 Å². The summed E-state index contributed by atoms with van der Waals surface area (Å²) < 4.78 is 18.9. The molecule has 0 unspecified atom stereocenters. The van der Waals surface area contributed by atoms with E-state index in [1.807, 2.05) is 48.5 Å². The monoisotopic (exact) mass is 403 g/mol. The van der Waals surface area contributed by atoms with Crippen LogP contribution < -0.4 is 10.1 Å². The van der Waals surface area contributed by atoms with Crippen LogP contribution in [0.4, 0.5) is 4.39 Å². The summed E-state index contributed by atoms with van der Waals surface area (Å²) >= 11 is 12.0. The Morgan fingerprint density at radius 1 is 0.852 bits per heavy atom. The van der Waals surface area contributed by atoms with Gasteiger partial charge < -0.3 is 10.1 Å².